The van der Waals surface area contributed by atoms with E-state index < -0.39 is 6.03 Å². The average molecular weight is 291 g/mol. The van der Waals surface area contributed by atoms with Gasteiger partial charge in [-0.2, -0.15) is 0 Å². The number of benzene rings is 1. The van der Waals surface area contributed by atoms with Crippen molar-refractivity contribution in [3.63, 3.8) is 0 Å². The van der Waals surface area contributed by atoms with Crippen LogP contribution in [0.3, 0.4) is 0 Å². The van der Waals surface area contributed by atoms with Gasteiger partial charge in [-0.1, -0.05) is 18.2 Å². The Morgan fingerprint density at radius 3 is 2.82 bits per heavy atom. The zero-order chi connectivity index (χ0) is 15.1. The largest absolute Gasteiger partial charge is 0.351 e. The second-order valence-electron chi connectivity index (χ2n) is 4.99. The maximum absolute atomic E-state index is 11.3. The molecule has 0 bridgehead atoms. The van der Waals surface area contributed by atoms with Gasteiger partial charge in [0, 0.05) is 11.7 Å². The zero-order valence-electron chi connectivity index (χ0n) is 11.6. The predicted octanol–water partition coefficient (Wildman–Crippen LogP) is 2.97. The molecule has 6 nitrogen and oxygen atoms in total. The summed E-state index contributed by atoms with van der Waals surface area (Å²) < 4.78 is 1.87. The summed E-state index contributed by atoms with van der Waals surface area (Å²) in [4.78, 5) is 19.2. The van der Waals surface area contributed by atoms with E-state index in [1.807, 2.05) is 59.1 Å². The number of carbonyl (C=O) groups is 1. The molecule has 0 aliphatic heterocycles. The first-order valence-electron chi connectivity index (χ1n) is 6.84. The summed E-state index contributed by atoms with van der Waals surface area (Å²) >= 11 is 0. The van der Waals surface area contributed by atoms with Gasteiger partial charge >= 0.3 is 6.03 Å². The molecule has 0 unspecified atom stereocenters. The molecule has 108 valence electrons. The van der Waals surface area contributed by atoms with E-state index in [0.29, 0.717) is 11.6 Å². The number of imidazole rings is 1. The van der Waals surface area contributed by atoms with E-state index in [9.17, 15) is 4.79 Å². The number of fused-ring (bicyclic) bond motifs is 2. The molecule has 3 aromatic heterocycles. The number of pyridine rings is 1. The number of aromatic nitrogens is 3. The minimum Gasteiger partial charge on any atom is -0.351 e. The SMILES string of the molecule is NC(=O)Nc1c(-c2nc3ccccc3[nH]2)cc2ccccn12. The lowest BCUT2D eigenvalue weighted by atomic mass is 10.3. The third kappa shape index (κ3) is 1.89. The summed E-state index contributed by atoms with van der Waals surface area (Å²) in [6.45, 7) is 0. The first-order valence-corrected chi connectivity index (χ1v) is 6.84. The van der Waals surface area contributed by atoms with Crippen LogP contribution in [-0.2, 0) is 0 Å². The number of nitrogens with zero attached hydrogens (tertiary/aromatic N) is 2. The van der Waals surface area contributed by atoms with Crippen molar-refractivity contribution in [2.75, 3.05) is 5.32 Å². The van der Waals surface area contributed by atoms with Gasteiger partial charge in [0.25, 0.3) is 0 Å². The summed E-state index contributed by atoms with van der Waals surface area (Å²) in [5, 5.41) is 2.68. The quantitative estimate of drug-likeness (QED) is 0.530. The Morgan fingerprint density at radius 2 is 2.00 bits per heavy atom. The molecule has 22 heavy (non-hydrogen) atoms. The summed E-state index contributed by atoms with van der Waals surface area (Å²) in [5.74, 6) is 1.29. The van der Waals surface area contributed by atoms with Crippen LogP contribution >= 0.6 is 0 Å². The first-order chi connectivity index (χ1) is 10.7. The molecule has 2 amide bonds. The third-order valence-electron chi connectivity index (χ3n) is 3.57. The number of H-pyrrole nitrogens is 1. The lowest BCUT2D eigenvalue weighted by Gasteiger charge is -2.05. The highest BCUT2D eigenvalue weighted by Crippen LogP contribution is 2.31. The topological polar surface area (TPSA) is 88.2 Å². The summed E-state index contributed by atoms with van der Waals surface area (Å²) in [7, 11) is 0. The van der Waals surface area contributed by atoms with E-state index in [1.165, 1.54) is 0 Å². The highest BCUT2D eigenvalue weighted by molar-refractivity contribution is 5.94. The Kier molecular flexibility index (Phi) is 2.62. The van der Waals surface area contributed by atoms with Gasteiger partial charge in [0.2, 0.25) is 0 Å². The van der Waals surface area contributed by atoms with Crippen molar-refractivity contribution in [1.82, 2.24) is 14.4 Å². The van der Waals surface area contributed by atoms with E-state index in [4.69, 9.17) is 5.73 Å². The van der Waals surface area contributed by atoms with Gasteiger partial charge in [-0.15, -0.1) is 0 Å². The van der Waals surface area contributed by atoms with E-state index >= 15 is 0 Å². The number of nitrogens with one attached hydrogen (secondary N) is 2. The van der Waals surface area contributed by atoms with E-state index in [2.05, 4.69) is 15.3 Å². The molecule has 0 aliphatic rings. The van der Waals surface area contributed by atoms with Crippen molar-refractivity contribution >= 4 is 28.4 Å². The Labute approximate surface area is 125 Å². The lowest BCUT2D eigenvalue weighted by molar-refractivity contribution is 0.259. The van der Waals surface area contributed by atoms with Crippen LogP contribution in [0.25, 0.3) is 27.9 Å². The molecular formula is C16H13N5O. The molecule has 4 rings (SSSR count). The standard InChI is InChI=1S/C16H13N5O/c17-16(22)20-15-11(9-10-5-3-4-8-21(10)15)14-18-12-6-1-2-7-13(12)19-14/h1-9H,(H,18,19)(H3,17,20,22). The summed E-state index contributed by atoms with van der Waals surface area (Å²) in [6.07, 6.45) is 1.87. The van der Waals surface area contributed by atoms with Gasteiger partial charge in [-0.3, -0.25) is 5.32 Å². The second kappa shape index (κ2) is 4.63. The van der Waals surface area contributed by atoms with Gasteiger partial charge in [-0.25, -0.2) is 9.78 Å². The molecule has 0 saturated carbocycles. The maximum Gasteiger partial charge on any atom is 0.317 e. The molecular weight excluding hydrogens is 278 g/mol. The number of nitrogens with two attached hydrogens (primary N) is 1. The molecule has 0 radical (unpaired) electrons. The number of amides is 2. The van der Waals surface area contributed by atoms with Gasteiger partial charge < -0.3 is 15.1 Å². The molecule has 6 heteroatoms. The lowest BCUT2D eigenvalue weighted by Crippen LogP contribution is -2.20. The van der Waals surface area contributed by atoms with Gasteiger partial charge in [0.05, 0.1) is 16.6 Å². The van der Waals surface area contributed by atoms with Crippen LogP contribution in [0.1, 0.15) is 0 Å². The molecule has 0 fully saturated rings. The summed E-state index contributed by atoms with van der Waals surface area (Å²) in [5.41, 5.74) is 8.86. The van der Waals surface area contributed by atoms with Crippen molar-refractivity contribution in [3.8, 4) is 11.4 Å². The van der Waals surface area contributed by atoms with Crippen LogP contribution in [0.5, 0.6) is 0 Å². The summed E-state index contributed by atoms with van der Waals surface area (Å²) in [6, 6.07) is 14.9. The van der Waals surface area contributed by atoms with E-state index in [0.717, 1.165) is 22.1 Å². The Balaban J connectivity index is 1.98. The Bertz CT molecular complexity index is 965. The van der Waals surface area contributed by atoms with Crippen LogP contribution in [0, 0.1) is 0 Å². The number of rotatable bonds is 2. The molecule has 4 N–H and O–H groups in total. The smallest absolute Gasteiger partial charge is 0.317 e. The zero-order valence-corrected chi connectivity index (χ0v) is 11.6. The molecule has 0 saturated heterocycles. The Hall–Kier alpha value is -3.28. The van der Waals surface area contributed by atoms with Crippen molar-refractivity contribution in [2.45, 2.75) is 0 Å². The van der Waals surface area contributed by atoms with Crippen molar-refractivity contribution < 1.29 is 4.79 Å². The normalized spacial score (nSPS) is 11.1. The molecule has 3 heterocycles. The fourth-order valence-electron chi connectivity index (χ4n) is 2.63. The molecule has 1 aromatic carbocycles. The number of anilines is 1. The minimum absolute atomic E-state index is 0.599. The maximum atomic E-state index is 11.3. The fraction of sp³-hybridized carbons (Fsp3) is 0. The first kappa shape index (κ1) is 12.5. The molecule has 0 atom stereocenters. The van der Waals surface area contributed by atoms with Crippen LogP contribution in [-0.4, -0.2) is 20.4 Å². The molecule has 0 aliphatic carbocycles. The average Bonchev–Trinajstić information content (AvgIpc) is 3.08. The van der Waals surface area contributed by atoms with Crippen LogP contribution < -0.4 is 11.1 Å². The Morgan fingerprint density at radius 1 is 1.18 bits per heavy atom. The molecule has 0 spiro atoms. The monoisotopic (exact) mass is 291 g/mol. The van der Waals surface area contributed by atoms with Gasteiger partial charge in [0.15, 0.2) is 0 Å². The highest BCUT2D eigenvalue weighted by Gasteiger charge is 2.16. The van der Waals surface area contributed by atoms with Gasteiger partial charge in [0.1, 0.15) is 11.6 Å². The van der Waals surface area contributed by atoms with Crippen LogP contribution in [0.15, 0.2) is 54.7 Å². The third-order valence-corrected chi connectivity index (χ3v) is 3.57. The van der Waals surface area contributed by atoms with Crippen molar-refractivity contribution in [1.29, 1.82) is 0 Å². The van der Waals surface area contributed by atoms with Crippen molar-refractivity contribution in [2.24, 2.45) is 5.73 Å². The number of hydrogen-bond donors (Lipinski definition) is 3. The highest BCUT2D eigenvalue weighted by atomic mass is 16.2. The van der Waals surface area contributed by atoms with Crippen LogP contribution in [0.4, 0.5) is 10.6 Å². The number of carbonyl (C=O) groups excluding carboxylic acids is 1. The molecule has 4 aromatic rings. The van der Waals surface area contributed by atoms with Crippen molar-refractivity contribution in [3.05, 3.63) is 54.7 Å². The van der Waals surface area contributed by atoms with E-state index in [1.54, 1.807) is 0 Å². The fourth-order valence-corrected chi connectivity index (χ4v) is 2.63. The number of urea groups is 1. The van der Waals surface area contributed by atoms with E-state index in [-0.39, 0.29) is 0 Å². The number of aromatic amines is 1. The minimum atomic E-state index is -0.610. The predicted molar refractivity (Wildman–Crippen MR) is 85.7 cm³/mol. The second-order valence-corrected chi connectivity index (χ2v) is 4.99. The van der Waals surface area contributed by atoms with Crippen LogP contribution in [0.2, 0.25) is 0 Å². The number of primary amides is 1. The number of hydrogen-bond acceptors (Lipinski definition) is 2. The number of para-hydroxylation sites is 2. The van der Waals surface area contributed by atoms with Gasteiger partial charge in [-0.05, 0) is 30.3 Å².